The molecule has 0 spiro atoms. The predicted octanol–water partition coefficient (Wildman–Crippen LogP) is 14.0. The summed E-state index contributed by atoms with van der Waals surface area (Å²) in [6.07, 6.45) is 3.51. The molecule has 6 nitrogen and oxygen atoms in total. The van der Waals surface area contributed by atoms with Gasteiger partial charge in [0.2, 0.25) is 0 Å². The molecule has 0 saturated heterocycles. The molecular weight excluding hydrogens is 980 g/mol. The quantitative estimate of drug-likeness (QED) is 0.143. The van der Waals surface area contributed by atoms with Gasteiger partial charge in [-0.1, -0.05) is 30.3 Å². The Balaban J connectivity index is 0.994. The summed E-state index contributed by atoms with van der Waals surface area (Å²) in [7, 11) is 0. The van der Waals surface area contributed by atoms with Crippen LogP contribution in [0.15, 0.2) is 188 Å². The van der Waals surface area contributed by atoms with Crippen LogP contribution in [0.2, 0.25) is 0 Å². The molecule has 0 amide bonds. The van der Waals surface area contributed by atoms with Gasteiger partial charge in [-0.25, -0.2) is 0 Å². The first-order valence-electron chi connectivity index (χ1n) is 23.1. The normalized spacial score (nSPS) is 13.3. The molecule has 12 rings (SSSR count). The molecule has 11 aromatic rings. The smallest absolute Gasteiger partial charge is 0.493 e. The molecule has 0 fully saturated rings. The minimum absolute atomic E-state index is 0.213. The van der Waals surface area contributed by atoms with Crippen molar-refractivity contribution in [1.29, 1.82) is 0 Å². The fourth-order valence-corrected chi connectivity index (χ4v) is 10.3. The Morgan fingerprint density at radius 1 is 0.600 bits per heavy atom. The molecule has 0 saturated carbocycles. The van der Waals surface area contributed by atoms with Gasteiger partial charge in [0, 0.05) is 15.9 Å². The number of pyridine rings is 1. The average molecular weight is 1020 g/mol. The van der Waals surface area contributed by atoms with Gasteiger partial charge in [-0.05, 0) is 36.4 Å². The number of nitrogens with zero attached hydrogens (tertiary/aromatic N) is 4. The van der Waals surface area contributed by atoms with E-state index in [2.05, 4.69) is 156 Å². The predicted molar refractivity (Wildman–Crippen MR) is 257 cm³/mol. The first-order chi connectivity index (χ1) is 33.3. The minimum atomic E-state index is -2.40. The van der Waals surface area contributed by atoms with Crippen molar-refractivity contribution in [3.05, 3.63) is 215 Å². The number of hydrogen-bond donors (Lipinski definition) is 0. The average Bonchev–Trinajstić information content (AvgIpc) is 3.85. The summed E-state index contributed by atoms with van der Waals surface area (Å²) >= 11 is 2.44. The second-order valence-electron chi connectivity index (χ2n) is 16.1. The number of aryl methyl sites for hydroxylation is 2. The molecule has 65 heavy (non-hydrogen) atoms. The first kappa shape index (κ1) is 35.9. The second kappa shape index (κ2) is 16.2. The van der Waals surface area contributed by atoms with Gasteiger partial charge in [-0.2, -0.15) is 0 Å². The SMILES string of the molecule is [2H]C([2H])([2H])c1cc(-n2c3[c-]c(Oc4[c-]c(-n5[c](=[Pt])n(-c6c(-c7ccccc7)cccc6-c6ccccc6)c6ccccc65)ccc4)ccc3c3cc4c(cc32)OCCC4)ncc1-c1ccccc1. The van der Waals surface area contributed by atoms with Crippen LogP contribution in [0.3, 0.4) is 0 Å². The third-order valence-electron chi connectivity index (χ3n) is 12.2. The van der Waals surface area contributed by atoms with Crippen molar-refractivity contribution in [1.82, 2.24) is 18.7 Å². The number of ether oxygens (including phenoxy) is 2. The molecule has 0 unspecified atom stereocenters. The Kier molecular flexibility index (Phi) is 8.96. The Bertz CT molecular complexity index is 3730. The van der Waals surface area contributed by atoms with Crippen LogP contribution in [0, 0.1) is 22.8 Å². The maximum atomic E-state index is 8.61. The summed E-state index contributed by atoms with van der Waals surface area (Å²) in [6, 6.07) is 68.6. The van der Waals surface area contributed by atoms with Crippen molar-refractivity contribution in [2.75, 3.05) is 6.61 Å². The summed E-state index contributed by atoms with van der Waals surface area (Å²) in [5, 5.41) is 1.93. The number of benzene rings is 8. The third kappa shape index (κ3) is 6.84. The number of fused-ring (bicyclic) bond motifs is 5. The molecule has 7 heteroatoms. The summed E-state index contributed by atoms with van der Waals surface area (Å²) < 4.78 is 46.2. The van der Waals surface area contributed by atoms with Crippen LogP contribution >= 0.6 is 0 Å². The molecule has 0 bridgehead atoms. The van der Waals surface area contributed by atoms with Crippen LogP contribution in [0.1, 0.15) is 21.7 Å². The van der Waals surface area contributed by atoms with E-state index in [-0.39, 0.29) is 5.56 Å². The molecule has 4 heterocycles. The maximum absolute atomic E-state index is 8.61. The summed E-state index contributed by atoms with van der Waals surface area (Å²) in [6.45, 7) is -1.76. The van der Waals surface area contributed by atoms with E-state index in [0.717, 1.165) is 94.5 Å². The number of aromatic nitrogens is 4. The number of hydrogen-bond acceptors (Lipinski definition) is 3. The van der Waals surface area contributed by atoms with Crippen LogP contribution in [0.5, 0.6) is 17.2 Å². The van der Waals surface area contributed by atoms with Gasteiger partial charge in [-0.15, -0.1) is 0 Å². The minimum Gasteiger partial charge on any atom is -0.493 e. The summed E-state index contributed by atoms with van der Waals surface area (Å²) in [5.41, 5.74) is 12.7. The standard InChI is InChI=1S/C58H40N4O2.Pt/c1-39-32-57(59-37-51(39)42-20-9-4-10-21-42)62-54-35-46(29-30-49(54)50-33-43-22-15-31-63-56(43)36-55(50)62)64-45-24-13-23-44(34-45)60-38-61(53-28-12-11-27-52(53)60)58-47(40-16-5-2-6-17-40)25-14-26-48(58)41-18-7-3-8-19-41;/h2-14,16-21,23-30,32-33,36-37H,15,22,31H2,1H3;/q-2;/i1D3;. The van der Waals surface area contributed by atoms with Gasteiger partial charge in [0.1, 0.15) is 5.75 Å². The van der Waals surface area contributed by atoms with Gasteiger partial charge in [0.05, 0.1) is 6.61 Å². The van der Waals surface area contributed by atoms with Crippen molar-refractivity contribution in [3.8, 4) is 67.8 Å². The van der Waals surface area contributed by atoms with E-state index in [4.69, 9.17) is 18.6 Å². The van der Waals surface area contributed by atoms with Crippen molar-refractivity contribution in [2.24, 2.45) is 0 Å². The molecule has 0 N–H and O–H groups in total. The Morgan fingerprint density at radius 2 is 1.25 bits per heavy atom. The Labute approximate surface area is 391 Å². The fraction of sp³-hybridized carbons (Fsp3) is 0.0690. The molecule has 0 aliphatic carbocycles. The Hall–Kier alpha value is -7.53. The molecular formula is C58H40N4O2Pt-2. The molecule has 316 valence electrons. The first-order valence-corrected chi connectivity index (χ1v) is 22.8. The fourth-order valence-electron chi connectivity index (χ4n) is 9.26. The molecule has 0 radical (unpaired) electrons. The molecule has 8 aromatic carbocycles. The summed E-state index contributed by atoms with van der Waals surface area (Å²) in [4.78, 5) is 4.94. The van der Waals surface area contributed by atoms with E-state index in [1.165, 1.54) is 0 Å². The van der Waals surface area contributed by atoms with Gasteiger partial charge in [0.25, 0.3) is 0 Å². The van der Waals surface area contributed by atoms with E-state index < -0.39 is 6.85 Å². The third-order valence-corrected chi connectivity index (χ3v) is 13.2. The number of rotatable bonds is 8. The van der Waals surface area contributed by atoms with E-state index in [9.17, 15) is 0 Å². The van der Waals surface area contributed by atoms with Gasteiger partial charge in [0.15, 0.2) is 0 Å². The van der Waals surface area contributed by atoms with Crippen molar-refractivity contribution < 1.29 is 32.9 Å². The van der Waals surface area contributed by atoms with E-state index >= 15 is 0 Å². The van der Waals surface area contributed by atoms with Gasteiger partial charge < -0.3 is 4.74 Å². The van der Waals surface area contributed by atoms with E-state index in [1.54, 1.807) is 12.3 Å². The number of imidazole rings is 1. The van der Waals surface area contributed by atoms with Gasteiger partial charge in [-0.3, -0.25) is 0 Å². The zero-order valence-corrected chi connectivity index (χ0v) is 37.2. The van der Waals surface area contributed by atoms with Crippen molar-refractivity contribution in [2.45, 2.75) is 19.7 Å². The number of para-hydroxylation sites is 3. The van der Waals surface area contributed by atoms with Gasteiger partial charge >= 0.3 is 294 Å². The van der Waals surface area contributed by atoms with Crippen LogP contribution in [-0.4, -0.2) is 25.3 Å². The molecule has 3 aromatic heterocycles. The van der Waals surface area contributed by atoms with Crippen molar-refractivity contribution in [3.63, 3.8) is 0 Å². The van der Waals surface area contributed by atoms with Crippen LogP contribution < -0.4 is 9.47 Å². The molecule has 1 aliphatic heterocycles. The second-order valence-corrected chi connectivity index (χ2v) is 17.2. The summed E-state index contributed by atoms with van der Waals surface area (Å²) in [5.74, 6) is 2.26. The Morgan fingerprint density at radius 3 is 1.95 bits per heavy atom. The zero-order valence-electron chi connectivity index (χ0n) is 37.9. The van der Waals surface area contributed by atoms with E-state index in [1.807, 2.05) is 65.2 Å². The molecule has 0 atom stereocenters. The van der Waals surface area contributed by atoms with Crippen LogP contribution in [0.25, 0.3) is 83.4 Å². The van der Waals surface area contributed by atoms with Crippen LogP contribution in [-0.2, 0) is 25.8 Å². The van der Waals surface area contributed by atoms with Crippen molar-refractivity contribution >= 4 is 32.8 Å². The van der Waals surface area contributed by atoms with Crippen LogP contribution in [0.4, 0.5) is 0 Å². The zero-order chi connectivity index (χ0) is 45.9. The van der Waals surface area contributed by atoms with E-state index in [0.29, 0.717) is 35.0 Å². The topological polar surface area (TPSA) is 46.1 Å². The monoisotopic (exact) mass is 1020 g/mol. The molecule has 1 aliphatic rings.